The third kappa shape index (κ3) is 1.77. The minimum absolute atomic E-state index is 0.119. The van der Waals surface area contributed by atoms with Crippen LogP contribution in [0.2, 0.25) is 0 Å². The molecular formula is C11H13N7O. The molecule has 0 saturated heterocycles. The molecule has 0 aliphatic rings. The van der Waals surface area contributed by atoms with E-state index in [1.54, 1.807) is 4.68 Å². The molecule has 8 nitrogen and oxygen atoms in total. The van der Waals surface area contributed by atoms with Crippen molar-refractivity contribution in [3.05, 3.63) is 17.7 Å². The summed E-state index contributed by atoms with van der Waals surface area (Å²) in [7, 11) is 1.86. The molecule has 3 rings (SSSR count). The Morgan fingerprint density at radius 3 is 2.79 bits per heavy atom. The lowest BCUT2D eigenvalue weighted by molar-refractivity contribution is 0.460. The van der Waals surface area contributed by atoms with Crippen LogP contribution in [-0.2, 0) is 7.05 Å². The SMILES string of the molecule is Cc1nn(C)c(C)c1Oc1nc(N)nc2nc[nH]c12. The number of nitrogen functional groups attached to an aromatic ring is 1. The second-order valence-corrected chi connectivity index (χ2v) is 4.21. The quantitative estimate of drug-likeness (QED) is 0.713. The van der Waals surface area contributed by atoms with E-state index in [0.717, 1.165) is 11.4 Å². The van der Waals surface area contributed by atoms with Crippen molar-refractivity contribution in [1.82, 2.24) is 29.7 Å². The van der Waals surface area contributed by atoms with E-state index < -0.39 is 0 Å². The fourth-order valence-corrected chi connectivity index (χ4v) is 1.90. The lowest BCUT2D eigenvalue weighted by Gasteiger charge is -2.06. The molecular weight excluding hydrogens is 246 g/mol. The highest BCUT2D eigenvalue weighted by atomic mass is 16.5. The average molecular weight is 259 g/mol. The molecule has 0 radical (unpaired) electrons. The van der Waals surface area contributed by atoms with Crippen molar-refractivity contribution in [2.45, 2.75) is 13.8 Å². The van der Waals surface area contributed by atoms with Crippen molar-refractivity contribution in [1.29, 1.82) is 0 Å². The first kappa shape index (κ1) is 11.5. The number of hydrogen-bond donors (Lipinski definition) is 2. The summed E-state index contributed by atoms with van der Waals surface area (Å²) in [4.78, 5) is 15.1. The Hall–Kier alpha value is -2.64. The van der Waals surface area contributed by atoms with Crippen LogP contribution in [0.1, 0.15) is 11.4 Å². The van der Waals surface area contributed by atoms with Crippen LogP contribution < -0.4 is 10.5 Å². The Morgan fingerprint density at radius 1 is 1.32 bits per heavy atom. The second kappa shape index (κ2) is 3.94. The zero-order valence-corrected chi connectivity index (χ0v) is 10.8. The molecule has 3 N–H and O–H groups in total. The first-order chi connectivity index (χ1) is 9.06. The molecule has 0 aromatic carbocycles. The van der Waals surface area contributed by atoms with Crippen LogP contribution in [0.4, 0.5) is 5.95 Å². The Labute approximate surface area is 108 Å². The van der Waals surface area contributed by atoms with Crippen molar-refractivity contribution < 1.29 is 4.74 Å². The van der Waals surface area contributed by atoms with Gasteiger partial charge in [0.25, 0.3) is 5.88 Å². The van der Waals surface area contributed by atoms with E-state index in [4.69, 9.17) is 10.5 Å². The van der Waals surface area contributed by atoms with Gasteiger partial charge in [0.2, 0.25) is 5.95 Å². The molecule has 0 aliphatic carbocycles. The summed E-state index contributed by atoms with van der Waals surface area (Å²) in [5, 5.41) is 4.29. The Morgan fingerprint density at radius 2 is 2.11 bits per heavy atom. The van der Waals surface area contributed by atoms with Gasteiger partial charge in [-0.05, 0) is 13.8 Å². The van der Waals surface area contributed by atoms with Crippen molar-refractivity contribution >= 4 is 17.1 Å². The molecule has 3 aromatic rings. The summed E-state index contributed by atoms with van der Waals surface area (Å²) >= 11 is 0. The highest BCUT2D eigenvalue weighted by Crippen LogP contribution is 2.30. The molecule has 0 atom stereocenters. The van der Waals surface area contributed by atoms with Gasteiger partial charge in [-0.3, -0.25) is 4.68 Å². The van der Waals surface area contributed by atoms with Crippen molar-refractivity contribution in [3.63, 3.8) is 0 Å². The van der Waals surface area contributed by atoms with Crippen molar-refractivity contribution in [2.24, 2.45) is 7.05 Å². The summed E-state index contributed by atoms with van der Waals surface area (Å²) in [5.41, 5.74) is 8.41. The molecule has 0 saturated carbocycles. The third-order valence-electron chi connectivity index (χ3n) is 2.91. The van der Waals surface area contributed by atoms with Crippen LogP contribution in [0, 0.1) is 13.8 Å². The highest BCUT2D eigenvalue weighted by Gasteiger charge is 2.16. The van der Waals surface area contributed by atoms with E-state index in [-0.39, 0.29) is 5.95 Å². The van der Waals surface area contributed by atoms with Crippen molar-refractivity contribution in [2.75, 3.05) is 5.73 Å². The fourth-order valence-electron chi connectivity index (χ4n) is 1.90. The first-order valence-electron chi connectivity index (χ1n) is 5.71. The number of rotatable bonds is 2. The average Bonchev–Trinajstić information content (AvgIpc) is 2.90. The molecule has 3 aromatic heterocycles. The highest BCUT2D eigenvalue weighted by molar-refractivity contribution is 5.77. The molecule has 0 amide bonds. The Balaban J connectivity index is 2.12. The minimum atomic E-state index is 0.119. The van der Waals surface area contributed by atoms with Gasteiger partial charge in [-0.2, -0.15) is 15.1 Å². The van der Waals surface area contributed by atoms with E-state index in [2.05, 4.69) is 25.0 Å². The van der Waals surface area contributed by atoms with E-state index in [9.17, 15) is 0 Å². The van der Waals surface area contributed by atoms with Gasteiger partial charge >= 0.3 is 0 Å². The van der Waals surface area contributed by atoms with Crippen LogP contribution in [0.3, 0.4) is 0 Å². The van der Waals surface area contributed by atoms with Gasteiger partial charge in [0.1, 0.15) is 11.2 Å². The topological polar surface area (TPSA) is 108 Å². The number of anilines is 1. The van der Waals surface area contributed by atoms with E-state index in [1.165, 1.54) is 6.33 Å². The summed E-state index contributed by atoms with van der Waals surface area (Å²) < 4.78 is 7.58. The van der Waals surface area contributed by atoms with Crippen LogP contribution in [0.25, 0.3) is 11.2 Å². The maximum atomic E-state index is 5.83. The van der Waals surface area contributed by atoms with Gasteiger partial charge in [0.15, 0.2) is 11.4 Å². The number of fused-ring (bicyclic) bond motifs is 1. The largest absolute Gasteiger partial charge is 0.433 e. The van der Waals surface area contributed by atoms with Crippen molar-refractivity contribution in [3.8, 4) is 11.6 Å². The maximum absolute atomic E-state index is 5.83. The minimum Gasteiger partial charge on any atom is -0.433 e. The number of H-pyrrole nitrogens is 1. The number of aromatic nitrogens is 6. The van der Waals surface area contributed by atoms with Crippen LogP contribution in [-0.4, -0.2) is 29.7 Å². The smallest absolute Gasteiger partial charge is 0.250 e. The van der Waals surface area contributed by atoms with E-state index in [0.29, 0.717) is 22.8 Å². The zero-order valence-electron chi connectivity index (χ0n) is 10.8. The Bertz CT molecular complexity index is 758. The molecule has 0 fully saturated rings. The molecule has 0 aliphatic heterocycles. The van der Waals surface area contributed by atoms with E-state index >= 15 is 0 Å². The number of nitrogens with one attached hydrogen (secondary N) is 1. The number of nitrogens with zero attached hydrogens (tertiary/aromatic N) is 5. The molecule has 19 heavy (non-hydrogen) atoms. The molecule has 0 unspecified atom stereocenters. The fraction of sp³-hybridized carbons (Fsp3) is 0.273. The summed E-state index contributed by atoms with van der Waals surface area (Å²) in [6.45, 7) is 3.79. The number of hydrogen-bond acceptors (Lipinski definition) is 6. The normalized spacial score (nSPS) is 11.1. The van der Waals surface area contributed by atoms with Gasteiger partial charge in [0, 0.05) is 7.05 Å². The zero-order chi connectivity index (χ0) is 13.6. The monoisotopic (exact) mass is 259 g/mol. The van der Waals surface area contributed by atoms with Gasteiger partial charge in [-0.25, -0.2) is 4.98 Å². The predicted molar refractivity (Wildman–Crippen MR) is 68.9 cm³/mol. The Kier molecular flexibility index (Phi) is 2.37. The molecule has 0 spiro atoms. The second-order valence-electron chi connectivity index (χ2n) is 4.21. The molecule has 8 heteroatoms. The lowest BCUT2D eigenvalue weighted by atomic mass is 10.3. The summed E-state index contributed by atoms with van der Waals surface area (Å²) in [6.07, 6.45) is 1.52. The van der Waals surface area contributed by atoms with Crippen LogP contribution >= 0.6 is 0 Å². The number of aromatic amines is 1. The summed E-state index contributed by atoms with van der Waals surface area (Å²) in [6, 6.07) is 0. The number of imidazole rings is 1. The number of aryl methyl sites for hydroxylation is 2. The number of nitrogens with two attached hydrogens (primary N) is 1. The van der Waals surface area contributed by atoms with Gasteiger partial charge < -0.3 is 15.5 Å². The summed E-state index contributed by atoms with van der Waals surface area (Å²) in [5.74, 6) is 1.13. The predicted octanol–water partition coefficient (Wildman–Crippen LogP) is 1.08. The number of ether oxygens (including phenoxy) is 1. The maximum Gasteiger partial charge on any atom is 0.250 e. The van der Waals surface area contributed by atoms with Crippen LogP contribution in [0.15, 0.2) is 6.33 Å². The van der Waals surface area contributed by atoms with E-state index in [1.807, 2.05) is 20.9 Å². The van der Waals surface area contributed by atoms with Gasteiger partial charge in [-0.15, -0.1) is 0 Å². The standard InChI is InChI=1S/C11H13N7O/c1-5-8(6(2)18(3)17-5)19-10-7-9(14-4-13-7)15-11(12)16-10/h4H,1-3H3,(H3,12,13,14,15,16). The third-order valence-corrected chi connectivity index (χ3v) is 2.91. The molecule has 98 valence electrons. The lowest BCUT2D eigenvalue weighted by Crippen LogP contribution is -1.99. The molecule has 3 heterocycles. The van der Waals surface area contributed by atoms with Crippen LogP contribution in [0.5, 0.6) is 11.6 Å². The van der Waals surface area contributed by atoms with Gasteiger partial charge in [-0.1, -0.05) is 0 Å². The van der Waals surface area contributed by atoms with Gasteiger partial charge in [0.05, 0.1) is 12.0 Å². The molecule has 0 bridgehead atoms. The first-order valence-corrected chi connectivity index (χ1v) is 5.71.